The van der Waals surface area contributed by atoms with Crippen molar-refractivity contribution >= 4 is 5.91 Å². The van der Waals surface area contributed by atoms with E-state index in [1.807, 2.05) is 12.1 Å². The predicted molar refractivity (Wildman–Crippen MR) is 115 cm³/mol. The summed E-state index contributed by atoms with van der Waals surface area (Å²) in [6, 6.07) is 20.8. The summed E-state index contributed by atoms with van der Waals surface area (Å²) in [4.78, 5) is 15.0. The monoisotopic (exact) mass is 405 g/mol. The molecule has 2 atom stereocenters. The molecule has 158 valence electrons. The highest BCUT2D eigenvalue weighted by Gasteiger charge is 2.58. The Kier molecular flexibility index (Phi) is 5.62. The van der Waals surface area contributed by atoms with Gasteiger partial charge in [-0.2, -0.15) is 0 Å². The number of ether oxygens (including phenoxy) is 2. The molecule has 1 aliphatic carbocycles. The standard InChI is InChI=1S/C26H31NO3/c28-25-15-16-26(27(25)24(19-30-26)22-9-5-2-6-10-22)23-13-11-21(12-14-23)18-29-17-20-7-3-1-4-8-20/h1-10,21,23-24H,11-19H2/t21?,23?,24-,26+/m1/s1. The summed E-state index contributed by atoms with van der Waals surface area (Å²) in [6.07, 6.45) is 6.00. The fourth-order valence-corrected chi connectivity index (χ4v) is 5.75. The molecule has 0 spiro atoms. The molecule has 4 heteroatoms. The molecule has 1 amide bonds. The summed E-state index contributed by atoms with van der Waals surface area (Å²) in [5.41, 5.74) is 2.04. The van der Waals surface area contributed by atoms with Gasteiger partial charge in [0, 0.05) is 25.4 Å². The van der Waals surface area contributed by atoms with Crippen LogP contribution in [0.15, 0.2) is 60.7 Å². The van der Waals surface area contributed by atoms with Crippen LogP contribution >= 0.6 is 0 Å². The molecule has 2 heterocycles. The van der Waals surface area contributed by atoms with Gasteiger partial charge >= 0.3 is 0 Å². The van der Waals surface area contributed by atoms with E-state index in [4.69, 9.17) is 9.47 Å². The van der Waals surface area contributed by atoms with Crippen LogP contribution in [0.3, 0.4) is 0 Å². The van der Waals surface area contributed by atoms with Gasteiger partial charge in [-0.05, 0) is 42.7 Å². The molecule has 0 aromatic heterocycles. The molecule has 2 aromatic rings. The molecule has 0 N–H and O–H groups in total. The number of amides is 1. The van der Waals surface area contributed by atoms with Crippen molar-refractivity contribution in [2.75, 3.05) is 13.2 Å². The van der Waals surface area contributed by atoms with Gasteiger partial charge < -0.3 is 14.4 Å². The summed E-state index contributed by atoms with van der Waals surface area (Å²) in [6.45, 7) is 2.13. The van der Waals surface area contributed by atoms with E-state index in [0.717, 1.165) is 38.7 Å². The average molecular weight is 406 g/mol. The summed E-state index contributed by atoms with van der Waals surface area (Å²) in [5, 5.41) is 0. The topological polar surface area (TPSA) is 38.8 Å². The Labute approximate surface area is 179 Å². The largest absolute Gasteiger partial charge is 0.376 e. The fraction of sp³-hybridized carbons (Fsp3) is 0.500. The van der Waals surface area contributed by atoms with Gasteiger partial charge in [0.1, 0.15) is 5.72 Å². The number of benzene rings is 2. The van der Waals surface area contributed by atoms with Gasteiger partial charge in [-0.25, -0.2) is 0 Å². The van der Waals surface area contributed by atoms with Gasteiger partial charge in [0.2, 0.25) is 5.91 Å². The molecule has 3 aliphatic rings. The van der Waals surface area contributed by atoms with E-state index in [9.17, 15) is 4.79 Å². The smallest absolute Gasteiger partial charge is 0.225 e. The van der Waals surface area contributed by atoms with E-state index < -0.39 is 0 Å². The van der Waals surface area contributed by atoms with Gasteiger partial charge in [-0.3, -0.25) is 4.79 Å². The number of rotatable bonds is 6. The Morgan fingerprint density at radius 3 is 2.40 bits per heavy atom. The lowest BCUT2D eigenvalue weighted by molar-refractivity contribution is -0.151. The van der Waals surface area contributed by atoms with Crippen LogP contribution in [0, 0.1) is 11.8 Å². The van der Waals surface area contributed by atoms with Crippen molar-refractivity contribution in [3.8, 4) is 0 Å². The van der Waals surface area contributed by atoms with Crippen LogP contribution in [0.5, 0.6) is 0 Å². The SMILES string of the molecule is O=C1CC[C@@]2(C3CCC(COCc4ccccc4)CC3)OC[C@H](c3ccccc3)N12. The third kappa shape index (κ3) is 3.67. The molecule has 1 saturated carbocycles. The van der Waals surface area contributed by atoms with Crippen molar-refractivity contribution in [2.45, 2.75) is 56.9 Å². The highest BCUT2D eigenvalue weighted by atomic mass is 16.5. The van der Waals surface area contributed by atoms with Gasteiger partial charge in [0.05, 0.1) is 19.3 Å². The van der Waals surface area contributed by atoms with Gasteiger partial charge in [-0.15, -0.1) is 0 Å². The Hall–Kier alpha value is -2.17. The first-order valence-corrected chi connectivity index (χ1v) is 11.4. The van der Waals surface area contributed by atoms with E-state index in [2.05, 4.69) is 53.4 Å². The predicted octanol–water partition coefficient (Wildman–Crippen LogP) is 5.10. The van der Waals surface area contributed by atoms with Gasteiger partial charge in [-0.1, -0.05) is 60.7 Å². The number of carbonyl (C=O) groups excluding carboxylic acids is 1. The zero-order valence-corrected chi connectivity index (χ0v) is 17.5. The average Bonchev–Trinajstić information content (AvgIpc) is 3.35. The van der Waals surface area contributed by atoms with Crippen LogP contribution in [0.25, 0.3) is 0 Å². The van der Waals surface area contributed by atoms with Gasteiger partial charge in [0.15, 0.2) is 0 Å². The Bertz CT molecular complexity index is 847. The van der Waals surface area contributed by atoms with Crippen molar-refractivity contribution in [3.05, 3.63) is 71.8 Å². The highest BCUT2D eigenvalue weighted by molar-refractivity contribution is 5.80. The Morgan fingerprint density at radius 2 is 1.67 bits per heavy atom. The second-order valence-electron chi connectivity index (χ2n) is 9.06. The lowest BCUT2D eigenvalue weighted by Crippen LogP contribution is -2.49. The van der Waals surface area contributed by atoms with Crippen LogP contribution in [-0.2, 0) is 20.9 Å². The summed E-state index contributed by atoms with van der Waals surface area (Å²) in [5.74, 6) is 1.30. The van der Waals surface area contributed by atoms with E-state index in [0.29, 0.717) is 31.5 Å². The van der Waals surface area contributed by atoms with Crippen molar-refractivity contribution in [3.63, 3.8) is 0 Å². The lowest BCUT2D eigenvalue weighted by atomic mass is 9.76. The first-order chi connectivity index (χ1) is 14.8. The van der Waals surface area contributed by atoms with Crippen LogP contribution in [-0.4, -0.2) is 29.7 Å². The second kappa shape index (κ2) is 8.52. The zero-order valence-electron chi connectivity index (χ0n) is 17.5. The number of nitrogens with zero attached hydrogens (tertiary/aromatic N) is 1. The number of hydrogen-bond donors (Lipinski definition) is 0. The maximum absolute atomic E-state index is 12.9. The highest BCUT2D eigenvalue weighted by Crippen LogP contribution is 2.52. The molecular weight excluding hydrogens is 374 g/mol. The van der Waals surface area contributed by atoms with E-state index >= 15 is 0 Å². The van der Waals surface area contributed by atoms with Crippen LogP contribution < -0.4 is 0 Å². The molecule has 0 bridgehead atoms. The number of hydrogen-bond acceptors (Lipinski definition) is 3. The quantitative estimate of drug-likeness (QED) is 0.671. The van der Waals surface area contributed by atoms with Crippen molar-refractivity contribution in [1.82, 2.24) is 4.90 Å². The Balaban J connectivity index is 1.20. The fourth-order valence-electron chi connectivity index (χ4n) is 5.75. The third-order valence-electron chi connectivity index (χ3n) is 7.31. The molecule has 2 aromatic carbocycles. The van der Waals surface area contributed by atoms with Crippen molar-refractivity contribution in [1.29, 1.82) is 0 Å². The summed E-state index contributed by atoms with van der Waals surface area (Å²) >= 11 is 0. The van der Waals surface area contributed by atoms with Crippen LogP contribution in [0.4, 0.5) is 0 Å². The molecular formula is C26H31NO3. The summed E-state index contributed by atoms with van der Waals surface area (Å²) in [7, 11) is 0. The van der Waals surface area contributed by atoms with Crippen molar-refractivity contribution < 1.29 is 14.3 Å². The maximum Gasteiger partial charge on any atom is 0.225 e. The Morgan fingerprint density at radius 1 is 0.967 bits per heavy atom. The minimum Gasteiger partial charge on any atom is -0.376 e. The zero-order chi connectivity index (χ0) is 20.4. The lowest BCUT2D eigenvalue weighted by Gasteiger charge is -2.43. The first kappa shape index (κ1) is 19.8. The molecule has 3 fully saturated rings. The molecule has 4 nitrogen and oxygen atoms in total. The normalized spacial score (nSPS) is 31.1. The van der Waals surface area contributed by atoms with Crippen LogP contribution in [0.2, 0.25) is 0 Å². The van der Waals surface area contributed by atoms with E-state index in [-0.39, 0.29) is 17.7 Å². The third-order valence-corrected chi connectivity index (χ3v) is 7.31. The summed E-state index contributed by atoms with van der Waals surface area (Å²) < 4.78 is 12.5. The first-order valence-electron chi connectivity index (χ1n) is 11.4. The number of carbonyl (C=O) groups is 1. The molecule has 0 unspecified atom stereocenters. The van der Waals surface area contributed by atoms with Crippen molar-refractivity contribution in [2.24, 2.45) is 11.8 Å². The molecule has 0 radical (unpaired) electrons. The van der Waals surface area contributed by atoms with Crippen LogP contribution in [0.1, 0.15) is 55.7 Å². The van der Waals surface area contributed by atoms with Gasteiger partial charge in [0.25, 0.3) is 0 Å². The number of fused-ring (bicyclic) bond motifs is 1. The molecule has 2 aliphatic heterocycles. The molecule has 2 saturated heterocycles. The molecule has 5 rings (SSSR count). The van der Waals surface area contributed by atoms with E-state index in [1.54, 1.807) is 0 Å². The second-order valence-corrected chi connectivity index (χ2v) is 9.06. The minimum absolute atomic E-state index is 0.0631. The maximum atomic E-state index is 12.9. The molecule has 30 heavy (non-hydrogen) atoms. The minimum atomic E-state index is -0.381. The van der Waals surface area contributed by atoms with E-state index in [1.165, 1.54) is 11.1 Å².